The molecule has 1 rings (SSSR count). The van der Waals surface area contributed by atoms with Gasteiger partial charge in [0.25, 0.3) is 0 Å². The fourth-order valence-corrected chi connectivity index (χ4v) is 1.97. The number of aromatic hydroxyl groups is 1. The molecule has 0 aromatic carbocycles. The monoisotopic (exact) mass is 210 g/mol. The van der Waals surface area contributed by atoms with E-state index in [0.717, 1.165) is 17.8 Å². The predicted octanol–water partition coefficient (Wildman–Crippen LogP) is 2.85. The highest BCUT2D eigenvalue weighted by Gasteiger charge is 2.25. The summed E-state index contributed by atoms with van der Waals surface area (Å²) in [6.45, 7) is 13.5. The quantitative estimate of drug-likeness (QED) is 0.815. The van der Waals surface area contributed by atoms with E-state index in [2.05, 4.69) is 39.7 Å². The van der Waals surface area contributed by atoms with Crippen molar-refractivity contribution in [3.8, 4) is 5.88 Å². The molecular weight excluding hydrogens is 188 g/mol. The molecule has 0 saturated carbocycles. The Morgan fingerprint density at radius 1 is 1.33 bits per heavy atom. The topological polar surface area (TPSA) is 38.1 Å². The molecule has 0 fully saturated rings. The van der Waals surface area contributed by atoms with E-state index in [4.69, 9.17) is 0 Å². The minimum absolute atomic E-state index is 0.0208. The van der Waals surface area contributed by atoms with Gasteiger partial charge in [0, 0.05) is 17.5 Å². The molecule has 0 amide bonds. The molecule has 0 saturated heterocycles. The van der Waals surface area contributed by atoms with Crippen LogP contribution in [0.4, 0.5) is 0 Å². The van der Waals surface area contributed by atoms with Gasteiger partial charge in [-0.3, -0.25) is 4.68 Å². The van der Waals surface area contributed by atoms with Gasteiger partial charge in [-0.25, -0.2) is 0 Å². The predicted molar refractivity (Wildman–Crippen MR) is 62.2 cm³/mol. The van der Waals surface area contributed by atoms with Crippen molar-refractivity contribution in [1.82, 2.24) is 9.78 Å². The Hall–Kier alpha value is -0.990. The molecule has 15 heavy (non-hydrogen) atoms. The Bertz CT molecular complexity index is 345. The van der Waals surface area contributed by atoms with Crippen LogP contribution in [0.1, 0.15) is 45.9 Å². The summed E-state index contributed by atoms with van der Waals surface area (Å²) < 4.78 is 1.94. The smallest absolute Gasteiger partial charge is 0.233 e. The summed E-state index contributed by atoms with van der Waals surface area (Å²) in [6.07, 6.45) is 0. The van der Waals surface area contributed by atoms with Gasteiger partial charge in [-0.2, -0.15) is 0 Å². The number of hydrogen-bond donors (Lipinski definition) is 1. The van der Waals surface area contributed by atoms with Crippen LogP contribution in [0.3, 0.4) is 0 Å². The summed E-state index contributed by atoms with van der Waals surface area (Å²) >= 11 is 0. The van der Waals surface area contributed by atoms with Crippen molar-refractivity contribution in [3.05, 3.63) is 11.3 Å². The van der Waals surface area contributed by atoms with Gasteiger partial charge in [0.15, 0.2) is 0 Å². The fourth-order valence-electron chi connectivity index (χ4n) is 1.97. The van der Waals surface area contributed by atoms with E-state index in [9.17, 15) is 5.11 Å². The highest BCUT2D eigenvalue weighted by molar-refractivity contribution is 5.33. The normalized spacial score (nSPS) is 12.5. The maximum Gasteiger partial charge on any atom is 0.233 e. The van der Waals surface area contributed by atoms with Crippen LogP contribution >= 0.6 is 0 Å². The van der Waals surface area contributed by atoms with Gasteiger partial charge in [-0.1, -0.05) is 34.6 Å². The van der Waals surface area contributed by atoms with Crippen LogP contribution in [0.5, 0.6) is 5.88 Å². The number of nitrogens with zero attached hydrogens (tertiary/aromatic N) is 2. The van der Waals surface area contributed by atoms with Crippen LogP contribution in [0.2, 0.25) is 0 Å². The first-order valence-corrected chi connectivity index (χ1v) is 5.50. The first-order chi connectivity index (χ1) is 6.73. The second kappa shape index (κ2) is 3.87. The molecule has 0 aliphatic heterocycles. The largest absolute Gasteiger partial charge is 0.492 e. The van der Waals surface area contributed by atoms with Gasteiger partial charge in [0.2, 0.25) is 5.88 Å². The molecular formula is C12H22N2O. The van der Waals surface area contributed by atoms with Gasteiger partial charge >= 0.3 is 0 Å². The molecule has 3 heteroatoms. The Balaban J connectivity index is 3.21. The van der Waals surface area contributed by atoms with Crippen molar-refractivity contribution in [2.45, 2.75) is 53.5 Å². The molecule has 0 aliphatic carbocycles. The second-order valence-corrected chi connectivity index (χ2v) is 5.62. The van der Waals surface area contributed by atoms with Gasteiger partial charge in [0.1, 0.15) is 0 Å². The maximum absolute atomic E-state index is 9.67. The minimum atomic E-state index is 0.0208. The zero-order valence-electron chi connectivity index (χ0n) is 10.6. The van der Waals surface area contributed by atoms with Crippen LogP contribution < -0.4 is 0 Å². The van der Waals surface area contributed by atoms with Crippen LogP contribution in [-0.4, -0.2) is 14.9 Å². The van der Waals surface area contributed by atoms with Crippen LogP contribution in [0, 0.1) is 12.8 Å². The highest BCUT2D eigenvalue weighted by atomic mass is 16.3. The molecule has 1 aromatic heterocycles. The molecule has 0 spiro atoms. The third-order valence-corrected chi connectivity index (χ3v) is 2.41. The summed E-state index contributed by atoms with van der Waals surface area (Å²) in [7, 11) is 0. The fraction of sp³-hybridized carbons (Fsp3) is 0.750. The van der Waals surface area contributed by atoms with Gasteiger partial charge < -0.3 is 5.11 Å². The molecule has 1 heterocycles. The number of aromatic nitrogens is 2. The van der Waals surface area contributed by atoms with Gasteiger partial charge in [0.05, 0.1) is 5.69 Å². The summed E-state index contributed by atoms with van der Waals surface area (Å²) in [5.74, 6) is 0.699. The lowest BCUT2D eigenvalue weighted by molar-refractivity contribution is 0.403. The lowest BCUT2D eigenvalue weighted by atomic mass is 9.89. The summed E-state index contributed by atoms with van der Waals surface area (Å²) in [6, 6.07) is 0. The standard InChI is InChI=1S/C12H22N2O/c1-8(2)7-14-10(12(4,5)6)9(3)11(15)13-14/h8H,7H2,1-6H3,(H,13,15). The molecule has 0 atom stereocenters. The van der Waals surface area contributed by atoms with E-state index >= 15 is 0 Å². The van der Waals surface area contributed by atoms with E-state index in [-0.39, 0.29) is 11.3 Å². The lowest BCUT2D eigenvalue weighted by Gasteiger charge is -2.22. The van der Waals surface area contributed by atoms with Crippen LogP contribution in [0.25, 0.3) is 0 Å². The highest BCUT2D eigenvalue weighted by Crippen LogP contribution is 2.30. The van der Waals surface area contributed by atoms with E-state index in [1.54, 1.807) is 0 Å². The van der Waals surface area contributed by atoms with Crippen LogP contribution in [-0.2, 0) is 12.0 Å². The summed E-state index contributed by atoms with van der Waals surface area (Å²) in [5, 5.41) is 13.9. The van der Waals surface area contributed by atoms with E-state index in [1.165, 1.54) is 0 Å². The zero-order chi connectivity index (χ0) is 11.8. The third kappa shape index (κ3) is 2.52. The molecule has 1 aromatic rings. The van der Waals surface area contributed by atoms with E-state index in [0.29, 0.717) is 5.92 Å². The number of rotatable bonds is 2. The van der Waals surface area contributed by atoms with Crippen molar-refractivity contribution >= 4 is 0 Å². The molecule has 86 valence electrons. The first-order valence-electron chi connectivity index (χ1n) is 5.50. The third-order valence-electron chi connectivity index (χ3n) is 2.41. The van der Waals surface area contributed by atoms with Gasteiger partial charge in [-0.15, -0.1) is 5.10 Å². The van der Waals surface area contributed by atoms with Crippen molar-refractivity contribution < 1.29 is 5.11 Å². The van der Waals surface area contributed by atoms with Gasteiger partial charge in [-0.05, 0) is 12.8 Å². The Labute approximate surface area is 92.1 Å². The Kier molecular flexibility index (Phi) is 3.12. The first kappa shape index (κ1) is 12.1. The van der Waals surface area contributed by atoms with Crippen molar-refractivity contribution in [2.24, 2.45) is 5.92 Å². The zero-order valence-corrected chi connectivity index (χ0v) is 10.6. The summed E-state index contributed by atoms with van der Waals surface area (Å²) in [4.78, 5) is 0. The van der Waals surface area contributed by atoms with Crippen molar-refractivity contribution in [3.63, 3.8) is 0 Å². The van der Waals surface area contributed by atoms with E-state index in [1.807, 2.05) is 11.6 Å². The average Bonchev–Trinajstić information content (AvgIpc) is 2.24. The average molecular weight is 210 g/mol. The molecule has 0 unspecified atom stereocenters. The second-order valence-electron chi connectivity index (χ2n) is 5.62. The SMILES string of the molecule is Cc1c(O)nn(CC(C)C)c1C(C)(C)C. The molecule has 0 bridgehead atoms. The summed E-state index contributed by atoms with van der Waals surface area (Å²) in [5.41, 5.74) is 2.06. The number of hydrogen-bond acceptors (Lipinski definition) is 2. The van der Waals surface area contributed by atoms with E-state index < -0.39 is 0 Å². The van der Waals surface area contributed by atoms with Crippen molar-refractivity contribution in [1.29, 1.82) is 0 Å². The van der Waals surface area contributed by atoms with Crippen LogP contribution in [0.15, 0.2) is 0 Å². The van der Waals surface area contributed by atoms with Crippen molar-refractivity contribution in [2.75, 3.05) is 0 Å². The Morgan fingerprint density at radius 2 is 1.87 bits per heavy atom. The molecule has 0 aliphatic rings. The minimum Gasteiger partial charge on any atom is -0.492 e. The molecule has 0 radical (unpaired) electrons. The molecule has 3 nitrogen and oxygen atoms in total. The maximum atomic E-state index is 9.67. The Morgan fingerprint density at radius 3 is 2.27 bits per heavy atom. The molecule has 1 N–H and O–H groups in total. The lowest BCUT2D eigenvalue weighted by Crippen LogP contribution is -2.21.